The third-order valence-electron chi connectivity index (χ3n) is 3.27. The number of hydrogen-bond donors (Lipinski definition) is 1. The smallest absolute Gasteiger partial charge is 0.219 e. The Morgan fingerprint density at radius 3 is 2.89 bits per heavy atom. The number of likely N-dealkylation sites (tertiary alicyclic amines) is 1. The Morgan fingerprint density at radius 1 is 1.50 bits per heavy atom. The van der Waals surface area contributed by atoms with Gasteiger partial charge >= 0.3 is 0 Å². The molecule has 1 aliphatic rings. The van der Waals surface area contributed by atoms with Crippen LogP contribution in [0.2, 0.25) is 0 Å². The molecule has 1 N–H and O–H groups in total. The van der Waals surface area contributed by atoms with Gasteiger partial charge in [0.1, 0.15) is 12.1 Å². The van der Waals surface area contributed by atoms with E-state index in [1.165, 1.54) is 0 Å². The topological polar surface area (TPSA) is 58.1 Å². The Kier molecular flexibility index (Phi) is 3.79. The van der Waals surface area contributed by atoms with E-state index in [1.54, 1.807) is 13.3 Å². The van der Waals surface area contributed by atoms with Crippen molar-refractivity contribution in [3.8, 4) is 0 Å². The van der Waals surface area contributed by atoms with Crippen LogP contribution in [0.5, 0.6) is 0 Å². The first kappa shape index (κ1) is 12.8. The number of rotatable bonds is 3. The lowest BCUT2D eigenvalue weighted by atomic mass is 10.1. The second kappa shape index (κ2) is 5.33. The summed E-state index contributed by atoms with van der Waals surface area (Å²) in [6, 6.07) is 2.28. The monoisotopic (exact) mass is 248 g/mol. The zero-order chi connectivity index (χ0) is 13.1. The van der Waals surface area contributed by atoms with Crippen LogP contribution in [0.1, 0.15) is 38.8 Å². The maximum atomic E-state index is 11.3. The summed E-state index contributed by atoms with van der Waals surface area (Å²) in [5.41, 5.74) is 1.04. The van der Waals surface area contributed by atoms with Crippen LogP contribution in [0.15, 0.2) is 12.4 Å². The van der Waals surface area contributed by atoms with Gasteiger partial charge in [-0.2, -0.15) is 0 Å². The molecule has 0 aromatic carbocycles. The molecule has 5 heteroatoms. The molecule has 0 radical (unpaired) electrons. The van der Waals surface area contributed by atoms with Crippen molar-refractivity contribution >= 4 is 11.7 Å². The highest BCUT2D eigenvalue weighted by Gasteiger charge is 2.24. The third kappa shape index (κ3) is 2.97. The Bertz CT molecular complexity index is 433. The maximum Gasteiger partial charge on any atom is 0.219 e. The van der Waals surface area contributed by atoms with E-state index in [4.69, 9.17) is 0 Å². The predicted molar refractivity (Wildman–Crippen MR) is 70.4 cm³/mol. The molecule has 0 saturated carbocycles. The Hall–Kier alpha value is -1.65. The second-order valence-electron chi connectivity index (χ2n) is 5.08. The van der Waals surface area contributed by atoms with E-state index in [0.29, 0.717) is 12.0 Å². The second-order valence-corrected chi connectivity index (χ2v) is 5.08. The van der Waals surface area contributed by atoms with E-state index in [0.717, 1.165) is 31.0 Å². The highest BCUT2D eigenvalue weighted by atomic mass is 16.2. The summed E-state index contributed by atoms with van der Waals surface area (Å²) < 4.78 is 0. The molecular formula is C13H20N4O. The van der Waals surface area contributed by atoms with Gasteiger partial charge in [-0.15, -0.1) is 0 Å². The Morgan fingerprint density at radius 2 is 2.28 bits per heavy atom. The summed E-state index contributed by atoms with van der Waals surface area (Å²) >= 11 is 0. The first-order valence-corrected chi connectivity index (χ1v) is 6.40. The van der Waals surface area contributed by atoms with E-state index < -0.39 is 0 Å². The van der Waals surface area contributed by atoms with Gasteiger partial charge in [0.25, 0.3) is 0 Å². The van der Waals surface area contributed by atoms with E-state index in [1.807, 2.05) is 11.0 Å². The number of hydrogen-bond acceptors (Lipinski definition) is 4. The predicted octanol–water partition coefficient (Wildman–Crippen LogP) is 1.63. The van der Waals surface area contributed by atoms with Gasteiger partial charge in [-0.25, -0.2) is 9.97 Å². The zero-order valence-electron chi connectivity index (χ0n) is 11.2. The maximum absolute atomic E-state index is 11.3. The Labute approximate surface area is 108 Å². The fourth-order valence-electron chi connectivity index (χ4n) is 2.14. The largest absolute Gasteiger partial charge is 0.365 e. The lowest BCUT2D eigenvalue weighted by Crippen LogP contribution is -2.29. The normalized spacial score (nSPS) is 19.3. The molecule has 2 heterocycles. The summed E-state index contributed by atoms with van der Waals surface area (Å²) in [5, 5.41) is 3.38. The third-order valence-corrected chi connectivity index (χ3v) is 3.27. The van der Waals surface area contributed by atoms with Crippen LogP contribution >= 0.6 is 0 Å². The minimum atomic E-state index is 0.143. The van der Waals surface area contributed by atoms with Gasteiger partial charge in [0.05, 0.1) is 0 Å². The molecule has 18 heavy (non-hydrogen) atoms. The number of nitrogens with zero attached hydrogens (tertiary/aromatic N) is 3. The average Bonchev–Trinajstić information content (AvgIpc) is 2.78. The van der Waals surface area contributed by atoms with E-state index in [2.05, 4.69) is 29.1 Å². The van der Waals surface area contributed by atoms with E-state index in [-0.39, 0.29) is 5.91 Å². The number of carbonyl (C=O) groups excluding carboxylic acids is 1. The zero-order valence-corrected chi connectivity index (χ0v) is 11.2. The molecule has 1 aromatic heterocycles. The summed E-state index contributed by atoms with van der Waals surface area (Å²) in [7, 11) is 0. The van der Waals surface area contributed by atoms with E-state index >= 15 is 0 Å². The molecule has 0 aliphatic carbocycles. The van der Waals surface area contributed by atoms with Gasteiger partial charge in [0.15, 0.2) is 0 Å². The Balaban J connectivity index is 1.98. The fourth-order valence-corrected chi connectivity index (χ4v) is 2.14. The molecular weight excluding hydrogens is 228 g/mol. The van der Waals surface area contributed by atoms with Crippen molar-refractivity contribution in [2.24, 2.45) is 0 Å². The average molecular weight is 248 g/mol. The van der Waals surface area contributed by atoms with Crippen molar-refractivity contribution in [1.29, 1.82) is 0 Å². The minimum Gasteiger partial charge on any atom is -0.365 e. The fraction of sp³-hybridized carbons (Fsp3) is 0.615. The van der Waals surface area contributed by atoms with Crippen molar-refractivity contribution in [2.45, 2.75) is 39.2 Å². The van der Waals surface area contributed by atoms with Crippen LogP contribution in [0.3, 0.4) is 0 Å². The molecule has 98 valence electrons. The molecule has 1 aromatic rings. The summed E-state index contributed by atoms with van der Waals surface area (Å²) in [5.74, 6) is 1.39. The van der Waals surface area contributed by atoms with Crippen molar-refractivity contribution < 1.29 is 4.79 Å². The number of anilines is 1. The molecule has 1 saturated heterocycles. The van der Waals surface area contributed by atoms with Crippen LogP contribution in [0.25, 0.3) is 0 Å². The highest BCUT2D eigenvalue weighted by molar-refractivity contribution is 5.73. The quantitative estimate of drug-likeness (QED) is 0.883. The summed E-state index contributed by atoms with van der Waals surface area (Å²) in [6.07, 6.45) is 2.57. The van der Waals surface area contributed by atoms with Gasteiger partial charge in [-0.3, -0.25) is 4.79 Å². The van der Waals surface area contributed by atoms with Gasteiger partial charge in [-0.05, 0) is 12.3 Å². The molecule has 0 unspecified atom stereocenters. The van der Waals surface area contributed by atoms with Crippen molar-refractivity contribution in [2.75, 3.05) is 18.4 Å². The number of aromatic nitrogens is 2. The van der Waals surface area contributed by atoms with Crippen molar-refractivity contribution in [3.05, 3.63) is 18.1 Å². The molecule has 1 atom stereocenters. The molecule has 1 aliphatic heterocycles. The molecule has 1 fully saturated rings. The van der Waals surface area contributed by atoms with Gasteiger partial charge in [0.2, 0.25) is 5.91 Å². The minimum absolute atomic E-state index is 0.143. The SMILES string of the molecule is CC(=O)N1CC[C@H](Nc2cc(C(C)C)ncn2)C1. The number of carbonyl (C=O) groups is 1. The lowest BCUT2D eigenvalue weighted by Gasteiger charge is -2.16. The summed E-state index contributed by atoms with van der Waals surface area (Å²) in [4.78, 5) is 21.6. The van der Waals surface area contributed by atoms with Crippen LogP contribution < -0.4 is 5.32 Å². The lowest BCUT2D eigenvalue weighted by molar-refractivity contribution is -0.127. The molecule has 1 amide bonds. The molecule has 5 nitrogen and oxygen atoms in total. The summed E-state index contributed by atoms with van der Waals surface area (Å²) in [6.45, 7) is 7.42. The van der Waals surface area contributed by atoms with Crippen LogP contribution in [0, 0.1) is 0 Å². The molecule has 0 bridgehead atoms. The number of amides is 1. The van der Waals surface area contributed by atoms with Crippen molar-refractivity contribution in [3.63, 3.8) is 0 Å². The van der Waals surface area contributed by atoms with Gasteiger partial charge < -0.3 is 10.2 Å². The molecule has 0 spiro atoms. The highest BCUT2D eigenvalue weighted by Crippen LogP contribution is 2.17. The molecule has 2 rings (SSSR count). The van der Waals surface area contributed by atoms with Crippen molar-refractivity contribution in [1.82, 2.24) is 14.9 Å². The standard InChI is InChI=1S/C13H20N4O/c1-9(2)12-6-13(15-8-14-12)16-11-4-5-17(7-11)10(3)18/h6,8-9,11H,4-5,7H2,1-3H3,(H,14,15,16)/t11-/m0/s1. The first-order chi connectivity index (χ1) is 8.56. The van der Waals surface area contributed by atoms with Crippen LogP contribution in [-0.2, 0) is 4.79 Å². The first-order valence-electron chi connectivity index (χ1n) is 6.40. The van der Waals surface area contributed by atoms with Gasteiger partial charge in [0, 0.05) is 37.8 Å². The van der Waals surface area contributed by atoms with E-state index in [9.17, 15) is 4.79 Å². The van der Waals surface area contributed by atoms with Gasteiger partial charge in [-0.1, -0.05) is 13.8 Å². The van der Waals surface area contributed by atoms with Crippen LogP contribution in [-0.4, -0.2) is 39.9 Å². The number of nitrogens with one attached hydrogen (secondary N) is 1. The van der Waals surface area contributed by atoms with Crippen LogP contribution in [0.4, 0.5) is 5.82 Å².